The third-order valence-electron chi connectivity index (χ3n) is 5.45. The van der Waals surface area contributed by atoms with Gasteiger partial charge in [0.1, 0.15) is 23.8 Å². The van der Waals surface area contributed by atoms with Gasteiger partial charge in [0.2, 0.25) is 0 Å². The molecule has 0 spiro atoms. The molecule has 1 heterocycles. The number of allylic oxidation sites excluding steroid dienone is 4. The van der Waals surface area contributed by atoms with Gasteiger partial charge < -0.3 is 9.84 Å². The van der Waals surface area contributed by atoms with Crippen molar-refractivity contribution in [1.29, 1.82) is 0 Å². The highest BCUT2D eigenvalue weighted by Gasteiger charge is 2.46. The Balaban J connectivity index is 2.02. The number of carbonyl (C=O) groups excluding carboxylic acids is 2. The van der Waals surface area contributed by atoms with Gasteiger partial charge >= 0.3 is 0 Å². The summed E-state index contributed by atoms with van der Waals surface area (Å²) >= 11 is 0. The molecule has 1 aliphatic carbocycles. The van der Waals surface area contributed by atoms with Crippen LogP contribution in [0.15, 0.2) is 35.1 Å². The second-order valence-corrected chi connectivity index (χ2v) is 7.62. The molecule has 26 heavy (non-hydrogen) atoms. The Morgan fingerprint density at radius 3 is 2.77 bits per heavy atom. The molecule has 4 nitrogen and oxygen atoms in total. The Labute approximate surface area is 157 Å². The van der Waals surface area contributed by atoms with Gasteiger partial charge in [-0.3, -0.25) is 9.59 Å². The van der Waals surface area contributed by atoms with Crippen molar-refractivity contribution in [2.45, 2.75) is 77.7 Å². The average Bonchev–Trinajstić information content (AvgIpc) is 2.60. The van der Waals surface area contributed by atoms with Crippen LogP contribution in [0.5, 0.6) is 0 Å². The summed E-state index contributed by atoms with van der Waals surface area (Å²) in [6, 6.07) is 0. The van der Waals surface area contributed by atoms with Gasteiger partial charge in [0.05, 0.1) is 0 Å². The SMILES string of the molecule is C/C=C/C1=CC2=C(CO1)C(=O)[C@](C)(O)C(CC(=O)CCCCCCC)C2. The summed E-state index contributed by atoms with van der Waals surface area (Å²) in [5.74, 6) is 0.211. The maximum Gasteiger partial charge on any atom is 0.194 e. The van der Waals surface area contributed by atoms with Crippen LogP contribution in [0.3, 0.4) is 0 Å². The first kappa shape index (κ1) is 20.6. The van der Waals surface area contributed by atoms with Crippen molar-refractivity contribution in [2.75, 3.05) is 6.61 Å². The third kappa shape index (κ3) is 4.94. The summed E-state index contributed by atoms with van der Waals surface area (Å²) in [6.45, 7) is 5.82. The van der Waals surface area contributed by atoms with Crippen LogP contribution < -0.4 is 0 Å². The molecule has 0 radical (unpaired) electrons. The number of Topliss-reactive ketones (excluding diaryl/α,β-unsaturated/α-hetero) is 2. The van der Waals surface area contributed by atoms with Gasteiger partial charge in [0.15, 0.2) is 5.78 Å². The van der Waals surface area contributed by atoms with Crippen LogP contribution in [0.25, 0.3) is 0 Å². The van der Waals surface area contributed by atoms with E-state index in [0.29, 0.717) is 18.4 Å². The standard InChI is InChI=1S/C22H32O4/c1-4-6-7-8-9-11-18(23)14-17-12-16-13-19(10-5-2)26-15-20(16)21(24)22(17,3)25/h5,10,13,17,25H,4,6-9,11-12,14-15H2,1-3H3/b10-5+/t17?,22-/m1/s1. The molecule has 0 saturated heterocycles. The summed E-state index contributed by atoms with van der Waals surface area (Å²) in [4.78, 5) is 25.1. The van der Waals surface area contributed by atoms with Crippen LogP contribution in [0.1, 0.15) is 72.1 Å². The minimum absolute atomic E-state index is 0.147. The first-order valence-corrected chi connectivity index (χ1v) is 9.88. The van der Waals surface area contributed by atoms with Crippen molar-refractivity contribution in [1.82, 2.24) is 0 Å². The highest BCUT2D eigenvalue weighted by molar-refractivity contribution is 6.04. The van der Waals surface area contributed by atoms with E-state index >= 15 is 0 Å². The quantitative estimate of drug-likeness (QED) is 0.618. The lowest BCUT2D eigenvalue weighted by atomic mass is 9.70. The molecule has 4 heteroatoms. The first-order valence-electron chi connectivity index (χ1n) is 9.88. The largest absolute Gasteiger partial charge is 0.489 e. The van der Waals surface area contributed by atoms with Crippen molar-refractivity contribution < 1.29 is 19.4 Å². The predicted octanol–water partition coefficient (Wildman–Crippen LogP) is 4.43. The molecule has 0 bridgehead atoms. The van der Waals surface area contributed by atoms with E-state index in [0.717, 1.165) is 30.6 Å². The summed E-state index contributed by atoms with van der Waals surface area (Å²) in [5, 5.41) is 10.8. The minimum Gasteiger partial charge on any atom is -0.489 e. The number of rotatable bonds is 9. The summed E-state index contributed by atoms with van der Waals surface area (Å²) in [7, 11) is 0. The Hall–Kier alpha value is -1.68. The lowest BCUT2D eigenvalue weighted by Gasteiger charge is -2.38. The van der Waals surface area contributed by atoms with Crippen LogP contribution >= 0.6 is 0 Å². The zero-order chi connectivity index (χ0) is 19.2. The number of aliphatic hydroxyl groups is 1. The van der Waals surface area contributed by atoms with E-state index < -0.39 is 5.60 Å². The van der Waals surface area contributed by atoms with Crippen molar-refractivity contribution >= 4 is 11.6 Å². The van der Waals surface area contributed by atoms with Gasteiger partial charge in [-0.05, 0) is 44.4 Å². The zero-order valence-corrected chi connectivity index (χ0v) is 16.3. The number of ether oxygens (including phenoxy) is 1. The van der Waals surface area contributed by atoms with E-state index in [4.69, 9.17) is 4.74 Å². The van der Waals surface area contributed by atoms with Gasteiger partial charge in [0, 0.05) is 24.3 Å². The monoisotopic (exact) mass is 360 g/mol. The topological polar surface area (TPSA) is 63.6 Å². The molecular formula is C22H32O4. The van der Waals surface area contributed by atoms with E-state index in [-0.39, 0.29) is 30.5 Å². The molecule has 2 atom stereocenters. The Bertz CT molecular complexity index is 622. The Kier molecular flexibility index (Phi) is 7.39. The zero-order valence-electron chi connectivity index (χ0n) is 16.3. The molecule has 0 saturated carbocycles. The fourth-order valence-corrected chi connectivity index (χ4v) is 3.73. The highest BCUT2D eigenvalue weighted by Crippen LogP contribution is 2.40. The molecular weight excluding hydrogens is 328 g/mol. The van der Waals surface area contributed by atoms with Crippen molar-refractivity contribution in [2.24, 2.45) is 5.92 Å². The highest BCUT2D eigenvalue weighted by atomic mass is 16.5. The molecule has 1 aliphatic heterocycles. The lowest BCUT2D eigenvalue weighted by molar-refractivity contribution is -0.141. The predicted molar refractivity (Wildman–Crippen MR) is 103 cm³/mol. The molecule has 144 valence electrons. The van der Waals surface area contributed by atoms with Gasteiger partial charge in [-0.2, -0.15) is 0 Å². The molecule has 0 amide bonds. The lowest BCUT2D eigenvalue weighted by Crippen LogP contribution is -2.49. The van der Waals surface area contributed by atoms with E-state index in [1.165, 1.54) is 12.8 Å². The van der Waals surface area contributed by atoms with Gasteiger partial charge in [-0.15, -0.1) is 0 Å². The normalized spacial score (nSPS) is 25.9. The fourth-order valence-electron chi connectivity index (χ4n) is 3.73. The van der Waals surface area contributed by atoms with Crippen molar-refractivity contribution in [3.8, 4) is 0 Å². The maximum absolute atomic E-state index is 12.7. The summed E-state index contributed by atoms with van der Waals surface area (Å²) in [5.41, 5.74) is -0.0421. The second-order valence-electron chi connectivity index (χ2n) is 7.62. The number of hydrogen-bond donors (Lipinski definition) is 1. The number of hydrogen-bond acceptors (Lipinski definition) is 4. The van der Waals surface area contributed by atoms with Gasteiger partial charge in [-0.25, -0.2) is 0 Å². The van der Waals surface area contributed by atoms with Crippen LogP contribution in [-0.2, 0) is 14.3 Å². The van der Waals surface area contributed by atoms with Gasteiger partial charge in [0.25, 0.3) is 0 Å². The number of carbonyl (C=O) groups is 2. The number of unbranched alkanes of at least 4 members (excludes halogenated alkanes) is 4. The number of ketones is 2. The molecule has 1 unspecified atom stereocenters. The molecule has 2 rings (SSSR count). The molecule has 0 aromatic carbocycles. The van der Waals surface area contributed by atoms with Crippen LogP contribution in [0.4, 0.5) is 0 Å². The first-order chi connectivity index (χ1) is 12.4. The van der Waals surface area contributed by atoms with Crippen LogP contribution in [-0.4, -0.2) is 28.9 Å². The molecule has 0 aromatic heterocycles. The maximum atomic E-state index is 12.7. The van der Waals surface area contributed by atoms with Crippen molar-refractivity contribution in [3.05, 3.63) is 35.1 Å². The Morgan fingerprint density at radius 1 is 1.35 bits per heavy atom. The van der Waals surface area contributed by atoms with E-state index in [9.17, 15) is 14.7 Å². The van der Waals surface area contributed by atoms with Gasteiger partial charge in [-0.1, -0.05) is 38.7 Å². The van der Waals surface area contributed by atoms with Crippen molar-refractivity contribution in [3.63, 3.8) is 0 Å². The van der Waals surface area contributed by atoms with E-state index in [2.05, 4.69) is 6.92 Å². The third-order valence-corrected chi connectivity index (χ3v) is 5.45. The molecule has 2 aliphatic rings. The summed E-state index contributed by atoms with van der Waals surface area (Å²) in [6.07, 6.45) is 12.5. The average molecular weight is 360 g/mol. The van der Waals surface area contributed by atoms with Crippen LogP contribution in [0.2, 0.25) is 0 Å². The van der Waals surface area contributed by atoms with E-state index in [1.54, 1.807) is 6.92 Å². The van der Waals surface area contributed by atoms with E-state index in [1.807, 2.05) is 25.2 Å². The summed E-state index contributed by atoms with van der Waals surface area (Å²) < 4.78 is 5.57. The van der Waals surface area contributed by atoms with Crippen LogP contribution in [0, 0.1) is 5.92 Å². The molecule has 0 aromatic rings. The fraction of sp³-hybridized carbons (Fsp3) is 0.636. The Morgan fingerprint density at radius 2 is 2.08 bits per heavy atom. The minimum atomic E-state index is -1.49. The second kappa shape index (κ2) is 9.31. The molecule has 0 fully saturated rings. The molecule has 1 N–H and O–H groups in total. The smallest absolute Gasteiger partial charge is 0.194 e.